The molecule has 0 radical (unpaired) electrons. The van der Waals surface area contributed by atoms with Crippen LogP contribution in [0.3, 0.4) is 0 Å². The minimum atomic E-state index is 0.680. The fourth-order valence-electron chi connectivity index (χ4n) is 1.89. The highest BCUT2D eigenvalue weighted by Crippen LogP contribution is 2.21. The Bertz CT molecular complexity index is 488. The van der Waals surface area contributed by atoms with Gasteiger partial charge in [-0.25, -0.2) is 0 Å². The first-order valence-electron chi connectivity index (χ1n) is 5.35. The molecule has 16 heavy (non-hydrogen) atoms. The molecule has 0 saturated carbocycles. The van der Waals surface area contributed by atoms with Gasteiger partial charge in [-0.1, -0.05) is 15.9 Å². The summed E-state index contributed by atoms with van der Waals surface area (Å²) in [5.41, 5.74) is 9.34. The maximum absolute atomic E-state index is 5.61. The summed E-state index contributed by atoms with van der Waals surface area (Å²) in [5, 5.41) is 0. The molecule has 2 aromatic rings. The fraction of sp³-hybridized carbons (Fsp3) is 0.231. The molecule has 1 aromatic carbocycles. The van der Waals surface area contributed by atoms with Crippen LogP contribution < -0.4 is 5.73 Å². The summed E-state index contributed by atoms with van der Waals surface area (Å²) in [7, 11) is 0. The Balaban J connectivity index is 2.46. The summed E-state index contributed by atoms with van der Waals surface area (Å²) >= 11 is 3.48. The van der Waals surface area contributed by atoms with Crippen molar-refractivity contribution < 1.29 is 0 Å². The number of hydrogen-bond donors (Lipinski definition) is 1. The second-order valence-electron chi connectivity index (χ2n) is 3.84. The molecule has 2 nitrogen and oxygen atoms in total. The standard InChI is InChI=1S/C13H15BrN2/c1-10-9-11(14)4-5-13(10)16-8-2-3-12(16)6-7-15/h2-5,8-9H,6-7,15H2,1H3. The van der Waals surface area contributed by atoms with Crippen molar-refractivity contribution in [3.63, 3.8) is 0 Å². The van der Waals surface area contributed by atoms with Crippen LogP contribution in [0.1, 0.15) is 11.3 Å². The Morgan fingerprint density at radius 3 is 2.81 bits per heavy atom. The van der Waals surface area contributed by atoms with Crippen molar-refractivity contribution >= 4 is 15.9 Å². The molecule has 0 atom stereocenters. The van der Waals surface area contributed by atoms with E-state index >= 15 is 0 Å². The van der Waals surface area contributed by atoms with Crippen LogP contribution in [0.15, 0.2) is 41.0 Å². The first-order valence-corrected chi connectivity index (χ1v) is 6.14. The van der Waals surface area contributed by atoms with Crippen LogP contribution in [0.25, 0.3) is 5.69 Å². The molecule has 0 amide bonds. The third kappa shape index (κ3) is 2.20. The van der Waals surface area contributed by atoms with Crippen LogP contribution in [0.5, 0.6) is 0 Å². The molecule has 0 aliphatic carbocycles. The van der Waals surface area contributed by atoms with Gasteiger partial charge in [-0.05, 0) is 49.4 Å². The summed E-state index contributed by atoms with van der Waals surface area (Å²) in [6, 6.07) is 10.5. The molecular weight excluding hydrogens is 264 g/mol. The molecule has 2 rings (SSSR count). The van der Waals surface area contributed by atoms with Crippen LogP contribution in [-0.2, 0) is 6.42 Å². The van der Waals surface area contributed by atoms with Crippen molar-refractivity contribution in [1.29, 1.82) is 0 Å². The average molecular weight is 279 g/mol. The van der Waals surface area contributed by atoms with Gasteiger partial charge in [0.15, 0.2) is 0 Å². The Labute approximate surface area is 104 Å². The Morgan fingerprint density at radius 1 is 1.31 bits per heavy atom. The van der Waals surface area contributed by atoms with E-state index in [-0.39, 0.29) is 0 Å². The predicted molar refractivity (Wildman–Crippen MR) is 71.0 cm³/mol. The van der Waals surface area contributed by atoms with E-state index in [2.05, 4.69) is 63.9 Å². The van der Waals surface area contributed by atoms with Gasteiger partial charge in [-0.15, -0.1) is 0 Å². The number of aryl methyl sites for hydroxylation is 1. The lowest BCUT2D eigenvalue weighted by atomic mass is 10.2. The van der Waals surface area contributed by atoms with Gasteiger partial charge < -0.3 is 10.3 Å². The molecule has 84 valence electrons. The van der Waals surface area contributed by atoms with E-state index in [0.29, 0.717) is 6.54 Å². The van der Waals surface area contributed by atoms with Crippen molar-refractivity contribution in [2.45, 2.75) is 13.3 Å². The number of halogens is 1. The van der Waals surface area contributed by atoms with E-state index in [1.807, 2.05) is 0 Å². The van der Waals surface area contributed by atoms with E-state index in [4.69, 9.17) is 5.73 Å². The fourth-order valence-corrected chi connectivity index (χ4v) is 2.37. The van der Waals surface area contributed by atoms with Crippen LogP contribution in [0.2, 0.25) is 0 Å². The highest BCUT2D eigenvalue weighted by atomic mass is 79.9. The molecule has 0 saturated heterocycles. The lowest BCUT2D eigenvalue weighted by molar-refractivity contribution is 0.870. The maximum Gasteiger partial charge on any atom is 0.0482 e. The second-order valence-corrected chi connectivity index (χ2v) is 4.75. The predicted octanol–water partition coefficient (Wildman–Crippen LogP) is 3.05. The zero-order valence-corrected chi connectivity index (χ0v) is 10.9. The van der Waals surface area contributed by atoms with Gasteiger partial charge in [0.05, 0.1) is 0 Å². The SMILES string of the molecule is Cc1cc(Br)ccc1-n1cccc1CCN. The molecule has 0 aliphatic rings. The Kier molecular flexibility index (Phi) is 3.46. The zero-order valence-electron chi connectivity index (χ0n) is 9.28. The van der Waals surface area contributed by atoms with Crippen LogP contribution in [0, 0.1) is 6.92 Å². The number of aromatic nitrogens is 1. The van der Waals surface area contributed by atoms with Crippen molar-refractivity contribution in [2.24, 2.45) is 5.73 Å². The van der Waals surface area contributed by atoms with Gasteiger partial charge in [0.25, 0.3) is 0 Å². The van der Waals surface area contributed by atoms with Gasteiger partial charge in [0.2, 0.25) is 0 Å². The molecule has 0 spiro atoms. The molecule has 2 N–H and O–H groups in total. The summed E-state index contributed by atoms with van der Waals surface area (Å²) in [6.45, 7) is 2.80. The first-order chi connectivity index (χ1) is 7.72. The highest BCUT2D eigenvalue weighted by Gasteiger charge is 2.05. The van der Waals surface area contributed by atoms with E-state index in [9.17, 15) is 0 Å². The minimum absolute atomic E-state index is 0.680. The molecular formula is C13H15BrN2. The van der Waals surface area contributed by atoms with Crippen molar-refractivity contribution in [2.75, 3.05) is 6.54 Å². The highest BCUT2D eigenvalue weighted by molar-refractivity contribution is 9.10. The summed E-state index contributed by atoms with van der Waals surface area (Å²) in [6.07, 6.45) is 2.99. The number of hydrogen-bond acceptors (Lipinski definition) is 1. The lowest BCUT2D eigenvalue weighted by Crippen LogP contribution is -2.08. The second kappa shape index (κ2) is 4.85. The van der Waals surface area contributed by atoms with Gasteiger partial charge in [0, 0.05) is 28.5 Å². The average Bonchev–Trinajstić information content (AvgIpc) is 2.67. The van der Waals surface area contributed by atoms with Crippen LogP contribution >= 0.6 is 15.9 Å². The minimum Gasteiger partial charge on any atom is -0.330 e. The van der Waals surface area contributed by atoms with Crippen LogP contribution in [-0.4, -0.2) is 11.1 Å². The zero-order chi connectivity index (χ0) is 11.5. The molecule has 0 fully saturated rings. The molecule has 0 aliphatic heterocycles. The smallest absolute Gasteiger partial charge is 0.0482 e. The Morgan fingerprint density at radius 2 is 2.12 bits per heavy atom. The quantitative estimate of drug-likeness (QED) is 0.919. The topological polar surface area (TPSA) is 30.9 Å². The molecule has 3 heteroatoms. The van der Waals surface area contributed by atoms with E-state index < -0.39 is 0 Å². The third-order valence-corrected chi connectivity index (χ3v) is 3.15. The number of nitrogens with zero attached hydrogens (tertiary/aromatic N) is 1. The maximum atomic E-state index is 5.61. The molecule has 1 aromatic heterocycles. The monoisotopic (exact) mass is 278 g/mol. The van der Waals surface area contributed by atoms with E-state index in [1.165, 1.54) is 16.9 Å². The van der Waals surface area contributed by atoms with Gasteiger partial charge in [-0.3, -0.25) is 0 Å². The summed E-state index contributed by atoms with van der Waals surface area (Å²) in [5.74, 6) is 0. The first kappa shape index (κ1) is 11.4. The molecule has 0 unspecified atom stereocenters. The molecule has 1 heterocycles. The van der Waals surface area contributed by atoms with Crippen molar-refractivity contribution in [3.05, 3.63) is 52.3 Å². The lowest BCUT2D eigenvalue weighted by Gasteiger charge is -2.11. The van der Waals surface area contributed by atoms with Crippen molar-refractivity contribution in [1.82, 2.24) is 4.57 Å². The van der Waals surface area contributed by atoms with Crippen LogP contribution in [0.4, 0.5) is 0 Å². The van der Waals surface area contributed by atoms with E-state index in [1.54, 1.807) is 0 Å². The van der Waals surface area contributed by atoms with Gasteiger partial charge in [0.1, 0.15) is 0 Å². The van der Waals surface area contributed by atoms with Gasteiger partial charge >= 0.3 is 0 Å². The number of benzene rings is 1. The summed E-state index contributed by atoms with van der Waals surface area (Å²) in [4.78, 5) is 0. The number of nitrogens with two attached hydrogens (primary N) is 1. The van der Waals surface area contributed by atoms with E-state index in [0.717, 1.165) is 10.9 Å². The normalized spacial score (nSPS) is 10.7. The number of rotatable bonds is 3. The van der Waals surface area contributed by atoms with Crippen molar-refractivity contribution in [3.8, 4) is 5.69 Å². The third-order valence-electron chi connectivity index (χ3n) is 2.65. The van der Waals surface area contributed by atoms with Gasteiger partial charge in [-0.2, -0.15) is 0 Å². The largest absolute Gasteiger partial charge is 0.330 e. The Hall–Kier alpha value is -1.06. The summed E-state index contributed by atoms with van der Waals surface area (Å²) < 4.78 is 3.32. The molecule has 0 bridgehead atoms.